The van der Waals surface area contributed by atoms with E-state index in [9.17, 15) is 4.79 Å². The van der Waals surface area contributed by atoms with Crippen LogP contribution in [0, 0.1) is 6.92 Å². The lowest BCUT2D eigenvalue weighted by Gasteiger charge is -2.04. The van der Waals surface area contributed by atoms with Gasteiger partial charge < -0.3 is 0 Å². The maximum Gasteiger partial charge on any atom is 0.211 e. The van der Waals surface area contributed by atoms with Gasteiger partial charge >= 0.3 is 0 Å². The summed E-state index contributed by atoms with van der Waals surface area (Å²) in [6.45, 7) is 1.95. The van der Waals surface area contributed by atoms with Crippen LogP contribution in [-0.2, 0) is 0 Å². The summed E-state index contributed by atoms with van der Waals surface area (Å²) in [5.41, 5.74) is 2.31. The summed E-state index contributed by atoms with van der Waals surface area (Å²) in [5, 5.41) is 0. The Labute approximate surface area is 78.1 Å². The van der Waals surface area contributed by atoms with Gasteiger partial charge in [0, 0.05) is 13.2 Å². The molecule has 0 saturated heterocycles. The highest BCUT2D eigenvalue weighted by molar-refractivity contribution is 6.10. The highest BCUT2D eigenvalue weighted by atomic mass is 16.1. The molecule has 2 heteroatoms. The molecule has 0 saturated carbocycles. The van der Waals surface area contributed by atoms with Crippen molar-refractivity contribution < 1.29 is 6.22 Å². The predicted molar refractivity (Wildman–Crippen MR) is 52.6 cm³/mol. The Balaban J connectivity index is 0.000000980. The molecule has 1 aliphatic carbocycles. The van der Waals surface area contributed by atoms with Gasteiger partial charge in [-0.3, -0.25) is 9.78 Å². The van der Waals surface area contributed by atoms with Crippen molar-refractivity contribution in [3.05, 3.63) is 53.4 Å². The van der Waals surface area contributed by atoms with E-state index in [0.29, 0.717) is 5.69 Å². The fourth-order valence-corrected chi connectivity index (χ4v) is 1.09. The van der Waals surface area contributed by atoms with Crippen LogP contribution in [0.1, 0.15) is 17.5 Å². The second-order valence-electron chi connectivity index (χ2n) is 3.03. The van der Waals surface area contributed by atoms with Crippen LogP contribution >= 0.6 is 0 Å². The number of rotatable bonds is 2. The lowest BCUT2D eigenvalue weighted by molar-refractivity contribution is 0.103. The van der Waals surface area contributed by atoms with Gasteiger partial charge in [-0.1, -0.05) is 24.3 Å². The van der Waals surface area contributed by atoms with Gasteiger partial charge in [0.25, 0.3) is 0 Å². The van der Waals surface area contributed by atoms with E-state index in [1.807, 2.05) is 19.1 Å². The van der Waals surface area contributed by atoms with Gasteiger partial charge in [0.2, 0.25) is 5.78 Å². The summed E-state index contributed by atoms with van der Waals surface area (Å²) >= 11 is 0. The third kappa shape index (κ3) is 1.43. The Morgan fingerprint density at radius 2 is 2.23 bits per heavy atom. The van der Waals surface area contributed by atoms with Gasteiger partial charge in [-0.25, -0.2) is 0 Å². The van der Waals surface area contributed by atoms with Crippen molar-refractivity contribution in [2.45, 2.75) is 6.92 Å². The average Bonchev–Trinajstić information content (AvgIpc) is 2.02. The molecule has 0 spiro atoms. The third-order valence-corrected chi connectivity index (χ3v) is 1.96. The van der Waals surface area contributed by atoms with Crippen molar-refractivity contribution in [1.29, 1.82) is 0 Å². The van der Waals surface area contributed by atoms with Crippen molar-refractivity contribution in [3.63, 3.8) is 0 Å². The molecule has 1 aromatic heterocycles. The molecule has 1 aliphatic rings. The lowest BCUT2D eigenvalue weighted by atomic mass is 10.0. The van der Waals surface area contributed by atoms with Gasteiger partial charge in [0.15, 0.2) is 0 Å². The van der Waals surface area contributed by atoms with Crippen molar-refractivity contribution in [2.24, 2.45) is 0 Å². The number of ketones is 1. The summed E-state index contributed by atoms with van der Waals surface area (Å²) in [4.78, 5) is 15.6. The number of carbonyl (C=O) groups is 1. The first-order valence-corrected chi connectivity index (χ1v) is 4.13. The number of Topliss-reactive ketones (excluding diaryl/α,β-unsaturated/α-hetero) is 1. The topological polar surface area (TPSA) is 30.0 Å². The minimum absolute atomic E-state index is 0. The van der Waals surface area contributed by atoms with Crippen LogP contribution in [0.2, 0.25) is 0 Å². The molecular formula is C11H11NO. The number of aryl methyl sites for hydroxylation is 1. The van der Waals surface area contributed by atoms with Crippen LogP contribution in [-0.4, -0.2) is 10.8 Å². The van der Waals surface area contributed by atoms with E-state index < -0.39 is 0 Å². The van der Waals surface area contributed by atoms with Crippen molar-refractivity contribution in [2.75, 3.05) is 0 Å². The van der Waals surface area contributed by atoms with Gasteiger partial charge in [0.05, 0.1) is 0 Å². The van der Waals surface area contributed by atoms with Crippen LogP contribution in [0.15, 0.2) is 42.1 Å². The minimum Gasteiger partial charge on any atom is -0.287 e. The fourth-order valence-electron chi connectivity index (χ4n) is 1.09. The Kier molecular flexibility index (Phi) is 1.81. The molecule has 1 heterocycles. The third-order valence-electron chi connectivity index (χ3n) is 1.96. The summed E-state index contributed by atoms with van der Waals surface area (Å²) in [6.07, 6.45) is 7.14. The molecule has 0 unspecified atom stereocenters. The molecule has 0 atom stereocenters. The van der Waals surface area contributed by atoms with E-state index in [0.717, 1.165) is 11.1 Å². The monoisotopic (exact) mass is 173 g/mol. The van der Waals surface area contributed by atoms with E-state index >= 15 is 0 Å². The lowest BCUT2D eigenvalue weighted by Crippen LogP contribution is -2.06. The molecule has 13 heavy (non-hydrogen) atoms. The Bertz CT molecular complexity index is 404. The normalized spacial score (nSPS) is 13.5. The van der Waals surface area contributed by atoms with Crippen LogP contribution in [0.4, 0.5) is 0 Å². The van der Waals surface area contributed by atoms with Crippen LogP contribution in [0.3, 0.4) is 0 Å². The van der Waals surface area contributed by atoms with Crippen LogP contribution in [0.5, 0.6) is 0 Å². The quantitative estimate of drug-likeness (QED) is 0.642. The number of carbonyl (C=O) groups excluding carboxylic acids is 1. The molecule has 2 rings (SSSR count). The molecule has 0 aliphatic heterocycles. The van der Waals surface area contributed by atoms with E-state index in [1.54, 1.807) is 24.4 Å². The van der Waals surface area contributed by atoms with E-state index in [-0.39, 0.29) is 7.21 Å². The predicted octanol–water partition coefficient (Wildman–Crippen LogP) is 2.31. The fraction of sp³-hybridized carbons (Fsp3) is 0.0909. The molecule has 0 bridgehead atoms. The summed E-state index contributed by atoms with van der Waals surface area (Å²) in [7, 11) is 0. The zero-order valence-corrected chi connectivity index (χ0v) is 7.32. The van der Waals surface area contributed by atoms with E-state index in [2.05, 4.69) is 4.98 Å². The molecule has 66 valence electrons. The Morgan fingerprint density at radius 3 is 2.69 bits per heavy atom. The number of pyridine rings is 1. The molecule has 0 aromatic carbocycles. The van der Waals surface area contributed by atoms with Crippen LogP contribution < -0.4 is 0 Å². The van der Waals surface area contributed by atoms with Gasteiger partial charge in [0.1, 0.15) is 5.69 Å². The van der Waals surface area contributed by atoms with Gasteiger partial charge in [-0.15, -0.1) is 0 Å². The van der Waals surface area contributed by atoms with Gasteiger partial charge in [-0.2, -0.15) is 0 Å². The zero-order chi connectivity index (χ0) is 9.26. The van der Waals surface area contributed by atoms with Crippen LogP contribution in [0.25, 0.3) is 0 Å². The summed E-state index contributed by atoms with van der Waals surface area (Å²) < 4.78 is 0. The highest BCUT2D eigenvalue weighted by Gasteiger charge is 2.12. The maximum absolute atomic E-state index is 11.6. The first kappa shape index (κ1) is 7.92. The van der Waals surface area contributed by atoms with Crippen molar-refractivity contribution in [1.82, 2.24) is 4.98 Å². The second-order valence-corrected chi connectivity index (χ2v) is 3.03. The maximum atomic E-state index is 11.6. The first-order chi connectivity index (χ1) is 6.27. The molecule has 0 N–H and O–H groups in total. The highest BCUT2D eigenvalue weighted by Crippen LogP contribution is 2.13. The second kappa shape index (κ2) is 2.98. The molecule has 0 fully saturated rings. The largest absolute Gasteiger partial charge is 0.287 e. The summed E-state index contributed by atoms with van der Waals surface area (Å²) in [6, 6.07) is 3.65. The number of hydrogen-bond donors (Lipinski definition) is 0. The molecule has 2 nitrogen and oxygen atoms in total. The van der Waals surface area contributed by atoms with Crippen molar-refractivity contribution >= 4 is 5.78 Å². The number of allylic oxidation sites excluding steroid dienone is 4. The smallest absolute Gasteiger partial charge is 0.211 e. The standard InChI is InChI=1S/C11H9NO.H2/c1-8-5-6-10(12-7-8)11(13)9-3-2-4-9;/h2-7H,1H3;1H. The van der Waals surface area contributed by atoms with Crippen molar-refractivity contribution in [3.8, 4) is 0 Å². The van der Waals surface area contributed by atoms with Gasteiger partial charge in [-0.05, 0) is 18.6 Å². The number of hydrogen-bond acceptors (Lipinski definition) is 2. The van der Waals surface area contributed by atoms with E-state index in [1.165, 1.54) is 0 Å². The zero-order valence-electron chi connectivity index (χ0n) is 7.32. The number of nitrogens with zero attached hydrogens (tertiary/aromatic N) is 1. The average molecular weight is 173 g/mol. The first-order valence-electron chi connectivity index (χ1n) is 4.13. The minimum atomic E-state index is 0. The molecular weight excluding hydrogens is 162 g/mol. The van der Waals surface area contributed by atoms with E-state index in [4.69, 9.17) is 0 Å². The molecule has 0 radical (unpaired) electrons. The Morgan fingerprint density at radius 1 is 1.46 bits per heavy atom. The Hall–Kier alpha value is -1.70. The number of aromatic nitrogens is 1. The molecule has 1 aromatic rings. The summed E-state index contributed by atoms with van der Waals surface area (Å²) in [5.74, 6) is 0.00231. The molecule has 0 amide bonds. The SMILES string of the molecule is Cc1ccc(C(=O)C2=CC=C2)nc1.[HH].